The van der Waals surface area contributed by atoms with Crippen LogP contribution in [-0.2, 0) is 0 Å². The average Bonchev–Trinajstić information content (AvgIpc) is 2.96. The lowest BCUT2D eigenvalue weighted by atomic mass is 9.89. The third-order valence-corrected chi connectivity index (χ3v) is 6.54. The summed E-state index contributed by atoms with van der Waals surface area (Å²) >= 11 is 1.47. The van der Waals surface area contributed by atoms with E-state index in [1.807, 2.05) is 18.7 Å². The number of carbonyl (C=O) groups is 1. The molecule has 0 radical (unpaired) electrons. The van der Waals surface area contributed by atoms with Gasteiger partial charge in [0, 0.05) is 35.8 Å². The molecule has 1 fully saturated rings. The first kappa shape index (κ1) is 17.9. The summed E-state index contributed by atoms with van der Waals surface area (Å²) in [4.78, 5) is 33.9. The fourth-order valence-electron chi connectivity index (χ4n) is 3.85. The van der Waals surface area contributed by atoms with Crippen molar-refractivity contribution in [3.63, 3.8) is 0 Å². The number of rotatable bonds is 2. The summed E-state index contributed by atoms with van der Waals surface area (Å²) in [6.07, 6.45) is 3.45. The van der Waals surface area contributed by atoms with Gasteiger partial charge in [0.05, 0.1) is 0 Å². The summed E-state index contributed by atoms with van der Waals surface area (Å²) in [6.45, 7) is 7.27. The number of nitrogens with zero attached hydrogens (tertiary/aromatic N) is 3. The fraction of sp³-hybridized carbons (Fsp3) is 0.381. The quantitative estimate of drug-likeness (QED) is 0.680. The first-order valence-corrected chi connectivity index (χ1v) is 10.1. The third kappa shape index (κ3) is 3.18. The van der Waals surface area contributed by atoms with Crippen molar-refractivity contribution in [2.24, 2.45) is 0 Å². The van der Waals surface area contributed by atoms with E-state index < -0.39 is 0 Å². The molecule has 1 aromatic carbocycles. The van der Waals surface area contributed by atoms with Gasteiger partial charge in [-0.2, -0.15) is 0 Å². The molecular formula is C21H23N3O2S. The summed E-state index contributed by atoms with van der Waals surface area (Å²) in [5, 5.41) is 0. The minimum atomic E-state index is -0.260. The average molecular weight is 382 g/mol. The number of piperidine rings is 1. The molecule has 3 aromatic rings. The van der Waals surface area contributed by atoms with Gasteiger partial charge in [0.25, 0.3) is 11.5 Å². The molecule has 1 amide bonds. The molecule has 5 nitrogen and oxygen atoms in total. The Morgan fingerprint density at radius 3 is 2.85 bits per heavy atom. The molecule has 27 heavy (non-hydrogen) atoms. The van der Waals surface area contributed by atoms with E-state index in [0.717, 1.165) is 23.4 Å². The van der Waals surface area contributed by atoms with Crippen LogP contribution in [0.4, 0.5) is 0 Å². The Labute approximate surface area is 162 Å². The Balaban J connectivity index is 1.64. The standard InChI is InChI=1S/C21H23N3O2S/c1-13-6-4-7-16(10-13)17-8-5-9-23(12-17)19(25)18-11-22-21-24(20(18)26)14(2)15(3)27-21/h4,6-7,10-11,17H,5,8-9,12H2,1-3H3/t17-/m0/s1. The van der Waals surface area contributed by atoms with Gasteiger partial charge in [-0.15, -0.1) is 11.3 Å². The van der Waals surface area contributed by atoms with E-state index in [1.54, 1.807) is 4.40 Å². The van der Waals surface area contributed by atoms with E-state index in [2.05, 4.69) is 36.2 Å². The van der Waals surface area contributed by atoms with Crippen LogP contribution in [0.1, 0.15) is 50.8 Å². The van der Waals surface area contributed by atoms with Crippen LogP contribution in [0.15, 0.2) is 35.3 Å². The summed E-state index contributed by atoms with van der Waals surface area (Å²) in [6, 6.07) is 8.48. The van der Waals surface area contributed by atoms with E-state index >= 15 is 0 Å². The zero-order valence-electron chi connectivity index (χ0n) is 15.9. The summed E-state index contributed by atoms with van der Waals surface area (Å²) in [7, 11) is 0. The van der Waals surface area contributed by atoms with Gasteiger partial charge in [-0.3, -0.25) is 14.0 Å². The molecule has 140 valence electrons. The number of amides is 1. The van der Waals surface area contributed by atoms with Crippen LogP contribution in [0.3, 0.4) is 0 Å². The number of fused-ring (bicyclic) bond motifs is 1. The van der Waals surface area contributed by atoms with Gasteiger partial charge < -0.3 is 4.90 Å². The Bertz CT molecular complexity index is 1080. The van der Waals surface area contributed by atoms with Crippen molar-refractivity contribution in [2.45, 2.75) is 39.5 Å². The first-order chi connectivity index (χ1) is 13.0. The first-order valence-electron chi connectivity index (χ1n) is 9.29. The Morgan fingerprint density at radius 2 is 2.07 bits per heavy atom. The van der Waals surface area contributed by atoms with Gasteiger partial charge in [0.15, 0.2) is 4.96 Å². The largest absolute Gasteiger partial charge is 0.338 e. The van der Waals surface area contributed by atoms with E-state index in [9.17, 15) is 9.59 Å². The van der Waals surface area contributed by atoms with Crippen molar-refractivity contribution in [2.75, 3.05) is 13.1 Å². The normalized spacial score (nSPS) is 17.4. The molecule has 0 aliphatic carbocycles. The lowest BCUT2D eigenvalue weighted by Gasteiger charge is -2.33. The van der Waals surface area contributed by atoms with Crippen molar-refractivity contribution < 1.29 is 4.79 Å². The number of hydrogen-bond acceptors (Lipinski definition) is 4. The van der Waals surface area contributed by atoms with E-state index in [-0.39, 0.29) is 17.0 Å². The minimum absolute atomic E-state index is 0.165. The summed E-state index contributed by atoms with van der Waals surface area (Å²) in [5.74, 6) is 0.106. The molecule has 6 heteroatoms. The molecule has 2 aromatic heterocycles. The maximum atomic E-state index is 13.1. The van der Waals surface area contributed by atoms with Crippen LogP contribution in [0, 0.1) is 20.8 Å². The molecule has 0 saturated carbocycles. The molecule has 1 atom stereocenters. The lowest BCUT2D eigenvalue weighted by Crippen LogP contribution is -2.41. The smallest absolute Gasteiger partial charge is 0.271 e. The number of hydrogen-bond donors (Lipinski definition) is 0. The third-order valence-electron chi connectivity index (χ3n) is 5.47. The van der Waals surface area contributed by atoms with Crippen molar-refractivity contribution in [3.05, 3.63) is 68.1 Å². The van der Waals surface area contributed by atoms with Crippen LogP contribution in [0.25, 0.3) is 4.96 Å². The lowest BCUT2D eigenvalue weighted by molar-refractivity contribution is 0.0704. The number of benzene rings is 1. The van der Waals surface area contributed by atoms with Gasteiger partial charge in [0.2, 0.25) is 0 Å². The van der Waals surface area contributed by atoms with Gasteiger partial charge >= 0.3 is 0 Å². The van der Waals surface area contributed by atoms with Gasteiger partial charge in [-0.1, -0.05) is 29.8 Å². The molecule has 4 rings (SSSR count). The molecule has 1 saturated heterocycles. The Hall–Kier alpha value is -2.47. The van der Waals surface area contributed by atoms with Crippen LogP contribution < -0.4 is 5.56 Å². The van der Waals surface area contributed by atoms with Crippen molar-refractivity contribution in [3.8, 4) is 0 Å². The monoisotopic (exact) mass is 381 g/mol. The SMILES string of the molecule is Cc1cccc([C@H]2CCCN(C(=O)c3cnc4sc(C)c(C)n4c3=O)C2)c1. The van der Waals surface area contributed by atoms with E-state index in [0.29, 0.717) is 24.0 Å². The molecule has 0 N–H and O–H groups in total. The summed E-state index contributed by atoms with van der Waals surface area (Å²) in [5.41, 5.74) is 3.26. The topological polar surface area (TPSA) is 54.7 Å². The van der Waals surface area contributed by atoms with Crippen molar-refractivity contribution in [1.82, 2.24) is 14.3 Å². The number of aryl methyl sites for hydroxylation is 3. The minimum Gasteiger partial charge on any atom is -0.338 e. The second-order valence-electron chi connectivity index (χ2n) is 7.34. The highest BCUT2D eigenvalue weighted by molar-refractivity contribution is 7.17. The van der Waals surface area contributed by atoms with Crippen LogP contribution in [0.5, 0.6) is 0 Å². The van der Waals surface area contributed by atoms with Crippen LogP contribution in [-0.4, -0.2) is 33.3 Å². The second-order valence-corrected chi connectivity index (χ2v) is 8.52. The zero-order chi connectivity index (χ0) is 19.1. The highest BCUT2D eigenvalue weighted by Gasteiger charge is 2.28. The number of aromatic nitrogens is 2. The van der Waals surface area contributed by atoms with Gasteiger partial charge in [-0.25, -0.2) is 4.98 Å². The molecule has 3 heterocycles. The number of likely N-dealkylation sites (tertiary alicyclic amines) is 1. The maximum Gasteiger partial charge on any atom is 0.271 e. The Kier molecular flexibility index (Phi) is 4.60. The second kappa shape index (κ2) is 6.93. The van der Waals surface area contributed by atoms with E-state index in [1.165, 1.54) is 28.7 Å². The van der Waals surface area contributed by atoms with Crippen molar-refractivity contribution >= 4 is 22.2 Å². The van der Waals surface area contributed by atoms with Crippen LogP contribution >= 0.6 is 11.3 Å². The van der Waals surface area contributed by atoms with E-state index in [4.69, 9.17) is 0 Å². The highest BCUT2D eigenvalue weighted by Crippen LogP contribution is 2.28. The predicted molar refractivity (Wildman–Crippen MR) is 108 cm³/mol. The molecule has 1 aliphatic rings. The maximum absolute atomic E-state index is 13.1. The molecule has 0 bridgehead atoms. The van der Waals surface area contributed by atoms with Crippen LogP contribution in [0.2, 0.25) is 0 Å². The molecule has 0 unspecified atom stereocenters. The number of thiazole rings is 1. The zero-order valence-corrected chi connectivity index (χ0v) is 16.7. The highest BCUT2D eigenvalue weighted by atomic mass is 32.1. The summed E-state index contributed by atoms with van der Waals surface area (Å²) < 4.78 is 1.56. The Morgan fingerprint density at radius 1 is 1.26 bits per heavy atom. The van der Waals surface area contributed by atoms with Crippen molar-refractivity contribution in [1.29, 1.82) is 0 Å². The van der Waals surface area contributed by atoms with Gasteiger partial charge in [-0.05, 0) is 39.2 Å². The molecule has 0 spiro atoms. The fourth-order valence-corrected chi connectivity index (χ4v) is 4.78. The molecular weight excluding hydrogens is 358 g/mol. The molecule has 1 aliphatic heterocycles. The predicted octanol–water partition coefficient (Wildman–Crippen LogP) is 3.70. The van der Waals surface area contributed by atoms with Gasteiger partial charge in [0.1, 0.15) is 5.56 Å². The number of carbonyl (C=O) groups excluding carboxylic acids is 1.